The molecule has 0 aliphatic carbocycles. The lowest BCUT2D eigenvalue weighted by Crippen LogP contribution is -2.12. The van der Waals surface area contributed by atoms with E-state index in [1.807, 2.05) is 48.0 Å². The van der Waals surface area contributed by atoms with Gasteiger partial charge >= 0.3 is 6.09 Å². The van der Waals surface area contributed by atoms with Crippen molar-refractivity contribution < 1.29 is 9.53 Å². The molecule has 148 valence electrons. The molecule has 0 bridgehead atoms. The number of nitrogens with one attached hydrogen (secondary N) is 2. The molecular formula is C20H16N8O2. The molecule has 0 aliphatic rings. The third-order valence-electron chi connectivity index (χ3n) is 4.63. The summed E-state index contributed by atoms with van der Waals surface area (Å²) in [7, 11) is 1.30. The number of aromatic nitrogens is 7. The Hall–Kier alpha value is -4.34. The van der Waals surface area contributed by atoms with E-state index >= 15 is 0 Å². The molecule has 2 N–H and O–H groups in total. The number of aromatic amines is 1. The van der Waals surface area contributed by atoms with Crippen LogP contribution in [0.1, 0.15) is 5.69 Å². The predicted octanol–water partition coefficient (Wildman–Crippen LogP) is 3.24. The highest BCUT2D eigenvalue weighted by atomic mass is 16.5. The molecule has 10 heteroatoms. The van der Waals surface area contributed by atoms with Crippen molar-refractivity contribution in [2.24, 2.45) is 0 Å². The second-order valence-electron chi connectivity index (χ2n) is 6.53. The molecule has 0 saturated heterocycles. The number of methoxy groups -OCH3 is 1. The average molecular weight is 400 g/mol. The number of fused-ring (bicyclic) bond motifs is 2. The van der Waals surface area contributed by atoms with Gasteiger partial charge in [-0.25, -0.2) is 29.7 Å². The van der Waals surface area contributed by atoms with Crippen molar-refractivity contribution in [1.29, 1.82) is 0 Å². The SMILES string of the molecule is COC(=O)Nc1nccc2c1ccn2-c1nc(-c2cccc(C)n2)nc2[nH]cnc12. The average Bonchev–Trinajstić information content (AvgIpc) is 3.40. The number of carbonyl (C=O) groups excluding carboxylic acids is 1. The number of rotatable bonds is 3. The molecule has 0 spiro atoms. The summed E-state index contributed by atoms with van der Waals surface area (Å²) < 4.78 is 6.56. The van der Waals surface area contributed by atoms with Gasteiger partial charge in [-0.1, -0.05) is 6.07 Å². The first-order valence-electron chi connectivity index (χ1n) is 9.10. The number of H-pyrrole nitrogens is 1. The maximum atomic E-state index is 11.6. The number of aryl methyl sites for hydroxylation is 1. The number of nitrogens with zero attached hydrogens (tertiary/aromatic N) is 6. The fraction of sp³-hybridized carbons (Fsp3) is 0.100. The molecule has 0 radical (unpaired) electrons. The Morgan fingerprint density at radius 1 is 1.13 bits per heavy atom. The molecule has 30 heavy (non-hydrogen) atoms. The molecule has 5 aromatic rings. The zero-order chi connectivity index (χ0) is 20.7. The van der Waals surface area contributed by atoms with Crippen LogP contribution >= 0.6 is 0 Å². The van der Waals surface area contributed by atoms with Gasteiger partial charge in [-0.2, -0.15) is 0 Å². The van der Waals surface area contributed by atoms with E-state index in [1.54, 1.807) is 12.5 Å². The lowest BCUT2D eigenvalue weighted by molar-refractivity contribution is 0.187. The van der Waals surface area contributed by atoms with E-state index in [0.29, 0.717) is 34.3 Å². The molecule has 0 fully saturated rings. The Labute approximate surface area is 170 Å². The molecule has 0 unspecified atom stereocenters. The quantitative estimate of drug-likeness (QED) is 0.476. The molecule has 0 aliphatic heterocycles. The van der Waals surface area contributed by atoms with Crippen molar-refractivity contribution in [2.45, 2.75) is 6.92 Å². The van der Waals surface area contributed by atoms with Gasteiger partial charge in [0.25, 0.3) is 0 Å². The monoisotopic (exact) mass is 400 g/mol. The largest absolute Gasteiger partial charge is 0.453 e. The molecule has 5 heterocycles. The molecule has 5 rings (SSSR count). The molecule has 5 aromatic heterocycles. The first-order chi connectivity index (χ1) is 14.6. The van der Waals surface area contributed by atoms with Crippen LogP contribution in [0.2, 0.25) is 0 Å². The molecule has 0 atom stereocenters. The number of carbonyl (C=O) groups is 1. The number of ether oxygens (including phenoxy) is 1. The Kier molecular flexibility index (Phi) is 4.09. The van der Waals surface area contributed by atoms with Gasteiger partial charge in [-0.3, -0.25) is 9.88 Å². The van der Waals surface area contributed by atoms with E-state index in [4.69, 9.17) is 4.98 Å². The highest BCUT2D eigenvalue weighted by molar-refractivity contribution is 5.98. The van der Waals surface area contributed by atoms with Crippen molar-refractivity contribution in [1.82, 2.24) is 34.5 Å². The Bertz CT molecular complexity index is 1400. The number of anilines is 1. The topological polar surface area (TPSA) is 123 Å². The Morgan fingerprint density at radius 3 is 2.87 bits per heavy atom. The van der Waals surface area contributed by atoms with Crippen molar-refractivity contribution >= 4 is 34.0 Å². The van der Waals surface area contributed by atoms with Crippen LogP contribution < -0.4 is 5.32 Å². The minimum absolute atomic E-state index is 0.394. The highest BCUT2D eigenvalue weighted by Gasteiger charge is 2.17. The van der Waals surface area contributed by atoms with E-state index in [1.165, 1.54) is 7.11 Å². The number of hydrogen-bond acceptors (Lipinski definition) is 7. The summed E-state index contributed by atoms with van der Waals surface area (Å²) in [6.07, 6.45) is 4.44. The summed E-state index contributed by atoms with van der Waals surface area (Å²) in [5, 5.41) is 3.36. The Morgan fingerprint density at radius 2 is 2.03 bits per heavy atom. The molecule has 0 saturated carbocycles. The third kappa shape index (κ3) is 2.91. The van der Waals surface area contributed by atoms with Gasteiger partial charge in [0.2, 0.25) is 0 Å². The van der Waals surface area contributed by atoms with Crippen LogP contribution in [0, 0.1) is 6.92 Å². The smallest absolute Gasteiger partial charge is 0.412 e. The van der Waals surface area contributed by atoms with E-state index in [-0.39, 0.29) is 0 Å². The minimum atomic E-state index is -0.590. The summed E-state index contributed by atoms with van der Waals surface area (Å²) in [6.45, 7) is 1.92. The van der Waals surface area contributed by atoms with Gasteiger partial charge in [-0.15, -0.1) is 0 Å². The maximum Gasteiger partial charge on any atom is 0.412 e. The molecule has 10 nitrogen and oxygen atoms in total. The van der Waals surface area contributed by atoms with Gasteiger partial charge < -0.3 is 9.72 Å². The maximum absolute atomic E-state index is 11.6. The zero-order valence-electron chi connectivity index (χ0n) is 16.1. The van der Waals surface area contributed by atoms with Gasteiger partial charge in [0.05, 0.1) is 19.0 Å². The van der Waals surface area contributed by atoms with Crippen molar-refractivity contribution in [3.8, 4) is 17.3 Å². The fourth-order valence-electron chi connectivity index (χ4n) is 3.27. The van der Waals surface area contributed by atoms with Crippen LogP contribution in [0.25, 0.3) is 39.4 Å². The van der Waals surface area contributed by atoms with E-state index in [9.17, 15) is 4.79 Å². The zero-order valence-corrected chi connectivity index (χ0v) is 16.1. The van der Waals surface area contributed by atoms with E-state index < -0.39 is 6.09 Å². The van der Waals surface area contributed by atoms with Crippen LogP contribution in [0.4, 0.5) is 10.6 Å². The third-order valence-corrected chi connectivity index (χ3v) is 4.63. The summed E-state index contributed by atoms with van der Waals surface area (Å²) in [5.74, 6) is 1.46. The minimum Gasteiger partial charge on any atom is -0.453 e. The number of pyridine rings is 2. The van der Waals surface area contributed by atoms with Crippen molar-refractivity contribution in [3.63, 3.8) is 0 Å². The number of amides is 1. The first-order valence-corrected chi connectivity index (χ1v) is 9.10. The molecular weight excluding hydrogens is 384 g/mol. The number of hydrogen-bond donors (Lipinski definition) is 2. The van der Waals surface area contributed by atoms with Crippen molar-refractivity contribution in [3.05, 3.63) is 54.7 Å². The predicted molar refractivity (Wildman–Crippen MR) is 110 cm³/mol. The summed E-state index contributed by atoms with van der Waals surface area (Å²) in [5.41, 5.74) is 3.55. The standard InChI is InChI=1S/C20H16N8O2/c1-11-4-3-5-13(24-11)17-25-18-15(22-10-23-18)19(26-17)28-9-7-12-14(28)6-8-21-16(12)27-20(29)30-2/h3-10H,1-2H3,(H,21,27,29)(H,22,23,25,26). The fourth-order valence-corrected chi connectivity index (χ4v) is 3.27. The second-order valence-corrected chi connectivity index (χ2v) is 6.53. The normalized spacial score (nSPS) is 11.1. The highest BCUT2D eigenvalue weighted by Crippen LogP contribution is 2.28. The van der Waals surface area contributed by atoms with Crippen LogP contribution in [0.3, 0.4) is 0 Å². The molecule has 0 aromatic carbocycles. The van der Waals surface area contributed by atoms with Gasteiger partial charge in [-0.05, 0) is 31.2 Å². The molecule has 1 amide bonds. The summed E-state index contributed by atoms with van der Waals surface area (Å²) >= 11 is 0. The lowest BCUT2D eigenvalue weighted by atomic mass is 10.3. The van der Waals surface area contributed by atoms with E-state index in [0.717, 1.165) is 16.6 Å². The van der Waals surface area contributed by atoms with Crippen LogP contribution in [0.5, 0.6) is 0 Å². The summed E-state index contributed by atoms with van der Waals surface area (Å²) in [4.78, 5) is 37.2. The van der Waals surface area contributed by atoms with Crippen LogP contribution in [0.15, 0.2) is 49.1 Å². The van der Waals surface area contributed by atoms with E-state index in [2.05, 4.69) is 35.0 Å². The lowest BCUT2D eigenvalue weighted by Gasteiger charge is -2.09. The summed E-state index contributed by atoms with van der Waals surface area (Å²) in [6, 6.07) is 9.38. The van der Waals surface area contributed by atoms with Crippen LogP contribution in [-0.2, 0) is 4.74 Å². The number of imidazole rings is 1. The van der Waals surface area contributed by atoms with Crippen LogP contribution in [-0.4, -0.2) is 47.7 Å². The Balaban J connectivity index is 1.72. The van der Waals surface area contributed by atoms with Gasteiger partial charge in [0, 0.05) is 23.5 Å². The van der Waals surface area contributed by atoms with Gasteiger partial charge in [0.15, 0.2) is 22.8 Å². The first kappa shape index (κ1) is 17.7. The van der Waals surface area contributed by atoms with Crippen molar-refractivity contribution in [2.75, 3.05) is 12.4 Å². The second kappa shape index (κ2) is 6.92. The van der Waals surface area contributed by atoms with Gasteiger partial charge in [0.1, 0.15) is 11.5 Å².